The summed E-state index contributed by atoms with van der Waals surface area (Å²) in [5.41, 5.74) is 3.51. The summed E-state index contributed by atoms with van der Waals surface area (Å²) in [6.07, 6.45) is 2.62. The van der Waals surface area contributed by atoms with Crippen LogP contribution in [0, 0.1) is 5.41 Å². The van der Waals surface area contributed by atoms with Crippen LogP contribution in [0.4, 0.5) is 11.4 Å². The van der Waals surface area contributed by atoms with Gasteiger partial charge in [-0.3, -0.25) is 9.69 Å². The molecule has 0 N–H and O–H groups in total. The van der Waals surface area contributed by atoms with Crippen LogP contribution in [0.5, 0.6) is 11.5 Å². The Labute approximate surface area is 203 Å². The smallest absolute Gasteiger partial charge is 0.227 e. The van der Waals surface area contributed by atoms with Crippen LogP contribution in [-0.4, -0.2) is 62.8 Å². The van der Waals surface area contributed by atoms with Crippen LogP contribution in [0.15, 0.2) is 42.5 Å². The van der Waals surface area contributed by atoms with Gasteiger partial charge < -0.3 is 19.3 Å². The van der Waals surface area contributed by atoms with Crippen LogP contribution < -0.4 is 19.3 Å². The number of amides is 1. The minimum Gasteiger partial charge on any atom is -0.486 e. The van der Waals surface area contributed by atoms with Crippen molar-refractivity contribution in [2.75, 3.05) is 55.7 Å². The third-order valence-corrected chi connectivity index (χ3v) is 7.04. The zero-order valence-corrected chi connectivity index (χ0v) is 20.8. The van der Waals surface area contributed by atoms with Crippen LogP contribution in [-0.2, 0) is 11.2 Å². The van der Waals surface area contributed by atoms with E-state index in [0.717, 1.165) is 68.4 Å². The van der Waals surface area contributed by atoms with Gasteiger partial charge in [-0.05, 0) is 42.0 Å². The lowest BCUT2D eigenvalue weighted by Gasteiger charge is -2.43. The largest absolute Gasteiger partial charge is 0.486 e. The predicted molar refractivity (Wildman–Crippen MR) is 136 cm³/mol. The number of rotatable bonds is 4. The topological polar surface area (TPSA) is 45.3 Å². The zero-order valence-electron chi connectivity index (χ0n) is 20.8. The molecular weight excluding hydrogens is 426 g/mol. The molecule has 1 fully saturated rings. The van der Waals surface area contributed by atoms with E-state index >= 15 is 0 Å². The molecule has 0 saturated carbocycles. The summed E-state index contributed by atoms with van der Waals surface area (Å²) in [5.74, 6) is 1.97. The van der Waals surface area contributed by atoms with Crippen molar-refractivity contribution in [3.63, 3.8) is 0 Å². The minimum absolute atomic E-state index is 0.0275. The van der Waals surface area contributed by atoms with Crippen molar-refractivity contribution in [3.05, 3.63) is 48.0 Å². The van der Waals surface area contributed by atoms with E-state index in [4.69, 9.17) is 9.47 Å². The van der Waals surface area contributed by atoms with Crippen molar-refractivity contribution in [2.45, 2.75) is 46.1 Å². The average molecular weight is 464 g/mol. The lowest BCUT2D eigenvalue weighted by Crippen LogP contribution is -2.54. The lowest BCUT2D eigenvalue weighted by molar-refractivity contribution is -0.121. The van der Waals surface area contributed by atoms with Crippen molar-refractivity contribution < 1.29 is 14.3 Å². The van der Waals surface area contributed by atoms with E-state index in [1.54, 1.807) is 0 Å². The van der Waals surface area contributed by atoms with Gasteiger partial charge in [0, 0.05) is 50.9 Å². The van der Waals surface area contributed by atoms with E-state index in [2.05, 4.69) is 65.8 Å². The molecule has 6 heteroatoms. The van der Waals surface area contributed by atoms with E-state index in [1.165, 1.54) is 5.56 Å². The summed E-state index contributed by atoms with van der Waals surface area (Å²) >= 11 is 0. The molecule has 2 aromatic carbocycles. The molecule has 3 heterocycles. The van der Waals surface area contributed by atoms with E-state index in [0.29, 0.717) is 19.6 Å². The number of fused-ring (bicyclic) bond motifs is 2. The molecule has 5 rings (SSSR count). The van der Waals surface area contributed by atoms with Gasteiger partial charge in [-0.1, -0.05) is 45.0 Å². The Morgan fingerprint density at radius 3 is 2.47 bits per heavy atom. The fourth-order valence-corrected chi connectivity index (χ4v) is 5.43. The number of anilines is 2. The van der Waals surface area contributed by atoms with Crippen molar-refractivity contribution in [1.82, 2.24) is 4.90 Å². The second-order valence-electron chi connectivity index (χ2n) is 10.9. The number of carbonyl (C=O) groups is 1. The molecule has 3 aliphatic heterocycles. The van der Waals surface area contributed by atoms with Crippen LogP contribution >= 0.6 is 0 Å². The first-order chi connectivity index (χ1) is 16.4. The SMILES string of the molecule is CC(C)(C)CC(=O)N1c2ccccc2CCC1CN1CCN(c2cccc3c2OCCO3)CC1. The highest BCUT2D eigenvalue weighted by atomic mass is 16.6. The van der Waals surface area contributed by atoms with Crippen LogP contribution in [0.2, 0.25) is 0 Å². The van der Waals surface area contributed by atoms with Crippen molar-refractivity contribution in [1.29, 1.82) is 0 Å². The Morgan fingerprint density at radius 1 is 0.941 bits per heavy atom. The Morgan fingerprint density at radius 2 is 1.68 bits per heavy atom. The maximum absolute atomic E-state index is 13.5. The quantitative estimate of drug-likeness (QED) is 0.674. The number of carbonyl (C=O) groups excluding carboxylic acids is 1. The van der Waals surface area contributed by atoms with Gasteiger partial charge >= 0.3 is 0 Å². The first kappa shape index (κ1) is 23.0. The van der Waals surface area contributed by atoms with Gasteiger partial charge in [0.05, 0.1) is 5.69 Å². The fourth-order valence-electron chi connectivity index (χ4n) is 5.43. The molecule has 34 heavy (non-hydrogen) atoms. The van der Waals surface area contributed by atoms with Gasteiger partial charge in [0.1, 0.15) is 13.2 Å². The first-order valence-electron chi connectivity index (χ1n) is 12.6. The molecule has 0 spiro atoms. The number of hydrogen-bond acceptors (Lipinski definition) is 5. The first-order valence-corrected chi connectivity index (χ1v) is 12.6. The number of aryl methyl sites for hydroxylation is 1. The fraction of sp³-hybridized carbons (Fsp3) is 0.536. The maximum Gasteiger partial charge on any atom is 0.227 e. The molecule has 6 nitrogen and oxygen atoms in total. The van der Waals surface area contributed by atoms with Gasteiger partial charge in [-0.15, -0.1) is 0 Å². The monoisotopic (exact) mass is 463 g/mol. The molecule has 2 aromatic rings. The minimum atomic E-state index is -0.0275. The summed E-state index contributed by atoms with van der Waals surface area (Å²) in [7, 11) is 0. The third-order valence-electron chi connectivity index (χ3n) is 7.04. The molecule has 0 aliphatic carbocycles. The van der Waals surface area contributed by atoms with E-state index in [-0.39, 0.29) is 17.4 Å². The number of ether oxygens (including phenoxy) is 2. The highest BCUT2D eigenvalue weighted by molar-refractivity contribution is 5.95. The van der Waals surface area contributed by atoms with Gasteiger partial charge in [0.2, 0.25) is 5.91 Å². The lowest BCUT2D eigenvalue weighted by atomic mass is 9.89. The number of hydrogen-bond donors (Lipinski definition) is 0. The molecule has 1 amide bonds. The molecule has 0 bridgehead atoms. The highest BCUT2D eigenvalue weighted by Crippen LogP contribution is 2.40. The molecular formula is C28H37N3O3. The Hall–Kier alpha value is -2.73. The Bertz CT molecular complexity index is 1020. The van der Waals surface area contributed by atoms with Gasteiger partial charge in [-0.25, -0.2) is 0 Å². The summed E-state index contributed by atoms with van der Waals surface area (Å²) in [6.45, 7) is 12.4. The number of para-hydroxylation sites is 2. The summed E-state index contributed by atoms with van der Waals surface area (Å²) in [6, 6.07) is 14.8. The number of benzene rings is 2. The maximum atomic E-state index is 13.5. The van der Waals surface area contributed by atoms with Crippen molar-refractivity contribution in [3.8, 4) is 11.5 Å². The van der Waals surface area contributed by atoms with Gasteiger partial charge in [-0.2, -0.15) is 0 Å². The molecule has 1 saturated heterocycles. The average Bonchev–Trinajstić information content (AvgIpc) is 2.83. The molecule has 1 unspecified atom stereocenters. The van der Waals surface area contributed by atoms with Crippen LogP contribution in [0.1, 0.15) is 39.2 Å². The standard InChI is InChI=1S/C28H37N3O3/c1-28(2,3)19-26(32)31-22(12-11-21-7-4-5-8-23(21)31)20-29-13-15-30(16-14-29)24-9-6-10-25-27(24)34-18-17-33-25/h4-10,22H,11-20H2,1-3H3. The van der Waals surface area contributed by atoms with Crippen LogP contribution in [0.3, 0.4) is 0 Å². The highest BCUT2D eigenvalue weighted by Gasteiger charge is 2.34. The Kier molecular flexibility index (Phi) is 6.43. The molecule has 0 aromatic heterocycles. The molecule has 3 aliphatic rings. The van der Waals surface area contributed by atoms with E-state index in [9.17, 15) is 4.79 Å². The predicted octanol–water partition coefficient (Wildman–Crippen LogP) is 4.36. The second-order valence-corrected chi connectivity index (χ2v) is 10.9. The van der Waals surface area contributed by atoms with Crippen molar-refractivity contribution >= 4 is 17.3 Å². The summed E-state index contributed by atoms with van der Waals surface area (Å²) < 4.78 is 11.7. The summed E-state index contributed by atoms with van der Waals surface area (Å²) in [4.78, 5) is 20.5. The summed E-state index contributed by atoms with van der Waals surface area (Å²) in [5, 5.41) is 0. The third kappa shape index (κ3) is 4.88. The van der Waals surface area contributed by atoms with E-state index in [1.807, 2.05) is 12.1 Å². The molecule has 1 atom stereocenters. The van der Waals surface area contributed by atoms with E-state index < -0.39 is 0 Å². The Balaban J connectivity index is 1.27. The number of nitrogens with zero attached hydrogens (tertiary/aromatic N) is 3. The second kappa shape index (κ2) is 9.49. The van der Waals surface area contributed by atoms with Crippen molar-refractivity contribution in [2.24, 2.45) is 5.41 Å². The van der Waals surface area contributed by atoms with Gasteiger partial charge in [0.15, 0.2) is 11.5 Å². The van der Waals surface area contributed by atoms with Crippen LogP contribution in [0.25, 0.3) is 0 Å². The molecule has 0 radical (unpaired) electrons. The molecule has 182 valence electrons. The number of piperazine rings is 1. The normalized spacial score (nSPS) is 20.7. The van der Waals surface area contributed by atoms with Gasteiger partial charge in [0.25, 0.3) is 0 Å². The zero-order chi connectivity index (χ0) is 23.7.